The minimum absolute atomic E-state index is 0.224. The van der Waals surface area contributed by atoms with Crippen LogP contribution in [0.4, 0.5) is 0 Å². The van der Waals surface area contributed by atoms with Crippen LogP contribution in [0.2, 0.25) is 0 Å². The highest BCUT2D eigenvalue weighted by molar-refractivity contribution is 8.00. The van der Waals surface area contributed by atoms with Gasteiger partial charge in [0.2, 0.25) is 0 Å². The van der Waals surface area contributed by atoms with Crippen LogP contribution in [-0.2, 0) is 0 Å². The molecule has 0 heterocycles. The first kappa shape index (κ1) is 14.2. The van der Waals surface area contributed by atoms with Gasteiger partial charge < -0.3 is 0 Å². The highest BCUT2D eigenvalue weighted by Gasteiger charge is 2.45. The van der Waals surface area contributed by atoms with Gasteiger partial charge in [-0.15, -0.1) is 0 Å². The summed E-state index contributed by atoms with van der Waals surface area (Å²) < 4.78 is 0. The van der Waals surface area contributed by atoms with Gasteiger partial charge in [-0.2, -0.15) is 17.0 Å². The Labute approximate surface area is 116 Å². The summed E-state index contributed by atoms with van der Waals surface area (Å²) in [6.07, 6.45) is 10.5. The standard InChI is InChI=1S/C15H26N2S/c1-2-10-17-15(11-16,13-8-9-13)12-18-14-6-4-3-5-7-14/h13-14,17H,2-10,12H2,1H3. The molecule has 2 aliphatic rings. The number of hydrogen-bond donors (Lipinski definition) is 1. The molecule has 0 amide bonds. The lowest BCUT2D eigenvalue weighted by Crippen LogP contribution is -2.49. The van der Waals surface area contributed by atoms with Crippen molar-refractivity contribution >= 4 is 11.8 Å². The van der Waals surface area contributed by atoms with Gasteiger partial charge in [0, 0.05) is 11.0 Å². The third-order valence-electron chi connectivity index (χ3n) is 4.26. The van der Waals surface area contributed by atoms with Crippen LogP contribution in [0.3, 0.4) is 0 Å². The summed E-state index contributed by atoms with van der Waals surface area (Å²) in [7, 11) is 0. The third-order valence-corrected chi connectivity index (χ3v) is 5.83. The van der Waals surface area contributed by atoms with Crippen molar-refractivity contribution in [3.63, 3.8) is 0 Å². The first-order valence-electron chi connectivity index (χ1n) is 7.58. The van der Waals surface area contributed by atoms with E-state index in [1.54, 1.807) is 0 Å². The Morgan fingerprint density at radius 2 is 1.94 bits per heavy atom. The minimum Gasteiger partial charge on any atom is -0.298 e. The summed E-state index contributed by atoms with van der Waals surface area (Å²) in [5.41, 5.74) is -0.224. The lowest BCUT2D eigenvalue weighted by atomic mass is 9.97. The zero-order valence-corrected chi connectivity index (χ0v) is 12.4. The Morgan fingerprint density at radius 1 is 1.22 bits per heavy atom. The molecular weight excluding hydrogens is 240 g/mol. The fourth-order valence-electron chi connectivity index (χ4n) is 2.88. The fourth-order valence-corrected chi connectivity index (χ4v) is 4.45. The van der Waals surface area contributed by atoms with Gasteiger partial charge in [-0.25, -0.2) is 0 Å². The number of thioether (sulfide) groups is 1. The van der Waals surface area contributed by atoms with Crippen LogP contribution < -0.4 is 5.32 Å². The van der Waals surface area contributed by atoms with E-state index >= 15 is 0 Å². The minimum atomic E-state index is -0.224. The van der Waals surface area contributed by atoms with Crippen LogP contribution in [0, 0.1) is 17.2 Å². The molecule has 0 saturated heterocycles. The third kappa shape index (κ3) is 3.65. The number of rotatable bonds is 7. The van der Waals surface area contributed by atoms with Crippen LogP contribution in [-0.4, -0.2) is 23.1 Å². The Hall–Kier alpha value is -0.200. The van der Waals surface area contributed by atoms with Gasteiger partial charge in [-0.1, -0.05) is 26.2 Å². The van der Waals surface area contributed by atoms with E-state index in [2.05, 4.69) is 30.1 Å². The predicted octanol–water partition coefficient (Wildman–Crippen LogP) is 3.72. The Bertz CT molecular complexity index is 289. The number of nitriles is 1. The maximum absolute atomic E-state index is 9.62. The smallest absolute Gasteiger partial charge is 0.118 e. The summed E-state index contributed by atoms with van der Waals surface area (Å²) in [5.74, 6) is 1.61. The van der Waals surface area contributed by atoms with E-state index in [9.17, 15) is 5.26 Å². The van der Waals surface area contributed by atoms with Crippen LogP contribution >= 0.6 is 11.8 Å². The van der Waals surface area contributed by atoms with E-state index in [1.165, 1.54) is 44.9 Å². The molecule has 1 unspecified atom stereocenters. The number of nitrogens with one attached hydrogen (secondary N) is 1. The molecular formula is C15H26N2S. The van der Waals surface area contributed by atoms with Crippen molar-refractivity contribution in [3.8, 4) is 6.07 Å². The second-order valence-corrected chi connectivity index (χ2v) is 7.14. The van der Waals surface area contributed by atoms with Gasteiger partial charge in [0.1, 0.15) is 5.54 Å². The summed E-state index contributed by atoms with van der Waals surface area (Å²) in [6.45, 7) is 3.16. The van der Waals surface area contributed by atoms with Gasteiger partial charge in [0.25, 0.3) is 0 Å². The SMILES string of the molecule is CCCNC(C#N)(CSC1CCCCC1)C1CC1. The quantitative estimate of drug-likeness (QED) is 0.763. The Morgan fingerprint density at radius 3 is 2.50 bits per heavy atom. The van der Waals surface area contributed by atoms with Crippen molar-refractivity contribution in [3.05, 3.63) is 0 Å². The Kier molecular flexibility index (Phi) is 5.38. The lowest BCUT2D eigenvalue weighted by molar-refractivity contribution is 0.404. The van der Waals surface area contributed by atoms with Crippen LogP contribution in [0.5, 0.6) is 0 Å². The molecule has 2 nitrogen and oxygen atoms in total. The van der Waals surface area contributed by atoms with E-state index in [-0.39, 0.29) is 5.54 Å². The molecule has 0 aromatic heterocycles. The maximum Gasteiger partial charge on any atom is 0.118 e. The average molecular weight is 266 g/mol. The van der Waals surface area contributed by atoms with Gasteiger partial charge in [-0.3, -0.25) is 5.32 Å². The van der Waals surface area contributed by atoms with Gasteiger partial charge >= 0.3 is 0 Å². The Balaban J connectivity index is 1.86. The summed E-state index contributed by atoms with van der Waals surface area (Å²) >= 11 is 2.06. The van der Waals surface area contributed by atoms with Crippen molar-refractivity contribution in [2.45, 2.75) is 69.1 Å². The summed E-state index contributed by atoms with van der Waals surface area (Å²) in [5, 5.41) is 14.0. The first-order chi connectivity index (χ1) is 8.80. The van der Waals surface area contributed by atoms with Gasteiger partial charge in [-0.05, 0) is 44.6 Å². The van der Waals surface area contributed by atoms with E-state index in [4.69, 9.17) is 0 Å². The molecule has 0 aliphatic heterocycles. The highest BCUT2D eigenvalue weighted by atomic mass is 32.2. The molecule has 0 aromatic rings. The van der Waals surface area contributed by atoms with Crippen LogP contribution in [0.25, 0.3) is 0 Å². The maximum atomic E-state index is 9.62. The topological polar surface area (TPSA) is 35.8 Å². The number of nitrogens with zero attached hydrogens (tertiary/aromatic N) is 1. The molecule has 18 heavy (non-hydrogen) atoms. The second-order valence-electron chi connectivity index (χ2n) is 5.86. The normalized spacial score (nSPS) is 24.4. The van der Waals surface area contributed by atoms with Crippen molar-refractivity contribution < 1.29 is 0 Å². The van der Waals surface area contributed by atoms with Gasteiger partial charge in [0.15, 0.2) is 0 Å². The molecule has 102 valence electrons. The van der Waals surface area contributed by atoms with Crippen molar-refractivity contribution in [2.24, 2.45) is 5.92 Å². The van der Waals surface area contributed by atoms with Crippen molar-refractivity contribution in [2.75, 3.05) is 12.3 Å². The molecule has 3 heteroatoms. The molecule has 0 spiro atoms. The highest BCUT2D eigenvalue weighted by Crippen LogP contribution is 2.42. The predicted molar refractivity (Wildman–Crippen MR) is 78.7 cm³/mol. The van der Waals surface area contributed by atoms with E-state index in [0.717, 1.165) is 24.0 Å². The van der Waals surface area contributed by atoms with E-state index in [1.807, 2.05) is 0 Å². The summed E-state index contributed by atoms with van der Waals surface area (Å²) in [6, 6.07) is 2.62. The molecule has 0 aromatic carbocycles. The fraction of sp³-hybridized carbons (Fsp3) is 0.933. The zero-order valence-electron chi connectivity index (χ0n) is 11.6. The molecule has 2 fully saturated rings. The molecule has 1 N–H and O–H groups in total. The second kappa shape index (κ2) is 6.82. The molecule has 0 radical (unpaired) electrons. The first-order valence-corrected chi connectivity index (χ1v) is 8.63. The molecule has 0 bridgehead atoms. The molecule has 2 aliphatic carbocycles. The van der Waals surface area contributed by atoms with Gasteiger partial charge in [0.05, 0.1) is 6.07 Å². The monoisotopic (exact) mass is 266 g/mol. The molecule has 2 rings (SSSR count). The van der Waals surface area contributed by atoms with E-state index < -0.39 is 0 Å². The summed E-state index contributed by atoms with van der Waals surface area (Å²) in [4.78, 5) is 0. The van der Waals surface area contributed by atoms with Crippen molar-refractivity contribution in [1.29, 1.82) is 5.26 Å². The van der Waals surface area contributed by atoms with Crippen LogP contribution in [0.1, 0.15) is 58.3 Å². The van der Waals surface area contributed by atoms with Crippen LogP contribution in [0.15, 0.2) is 0 Å². The largest absolute Gasteiger partial charge is 0.298 e. The molecule has 2 saturated carbocycles. The lowest BCUT2D eigenvalue weighted by Gasteiger charge is -2.30. The molecule has 1 atom stereocenters. The van der Waals surface area contributed by atoms with E-state index in [0.29, 0.717) is 5.92 Å². The number of hydrogen-bond acceptors (Lipinski definition) is 3. The van der Waals surface area contributed by atoms with Crippen molar-refractivity contribution in [1.82, 2.24) is 5.32 Å². The average Bonchev–Trinajstić information content (AvgIpc) is 3.26. The zero-order chi connectivity index (χ0) is 12.8.